The maximum Gasteiger partial charge on any atom is 0.230 e. The van der Waals surface area contributed by atoms with E-state index in [0.29, 0.717) is 23.8 Å². The highest BCUT2D eigenvalue weighted by atomic mass is 32.2. The minimum absolute atomic E-state index is 0.0599. The van der Waals surface area contributed by atoms with Gasteiger partial charge >= 0.3 is 0 Å². The quantitative estimate of drug-likeness (QED) is 0.772. The molecule has 98 valence electrons. The van der Waals surface area contributed by atoms with E-state index in [9.17, 15) is 9.18 Å². The van der Waals surface area contributed by atoms with Gasteiger partial charge in [0.05, 0.1) is 12.9 Å². The molecule has 0 radical (unpaired) electrons. The zero-order chi connectivity index (χ0) is 13.4. The summed E-state index contributed by atoms with van der Waals surface area (Å²) in [6.07, 6.45) is 1.62. The van der Waals surface area contributed by atoms with Crippen molar-refractivity contribution in [2.24, 2.45) is 0 Å². The lowest BCUT2D eigenvalue weighted by Crippen LogP contribution is -2.24. The van der Waals surface area contributed by atoms with E-state index in [1.54, 1.807) is 12.1 Å². The normalized spacial score (nSPS) is 9.89. The number of nitrogens with one attached hydrogen (secondary N) is 1. The highest BCUT2D eigenvalue weighted by Crippen LogP contribution is 2.23. The first-order valence-electron chi connectivity index (χ1n) is 5.45. The third kappa shape index (κ3) is 4.79. The van der Waals surface area contributed by atoms with Gasteiger partial charge in [-0.2, -0.15) is 0 Å². The fraction of sp³-hybridized carbons (Fsp3) is 0.308. The van der Waals surface area contributed by atoms with E-state index >= 15 is 0 Å². The maximum absolute atomic E-state index is 13.1. The second-order valence-electron chi connectivity index (χ2n) is 3.54. The standard InChI is InChI=1S/C13H16FNO2S/c1-3-6-15-13(16)9-18-8-10-7-11(14)4-5-12(10)17-2/h3-5,7H,1,6,8-9H2,2H3,(H,15,16). The minimum Gasteiger partial charge on any atom is -0.496 e. The fourth-order valence-corrected chi connectivity index (χ4v) is 2.19. The Bertz CT molecular complexity index is 423. The average molecular weight is 269 g/mol. The zero-order valence-electron chi connectivity index (χ0n) is 10.2. The smallest absolute Gasteiger partial charge is 0.230 e. The molecule has 18 heavy (non-hydrogen) atoms. The molecule has 0 aliphatic carbocycles. The Hall–Kier alpha value is -1.49. The predicted molar refractivity (Wildman–Crippen MR) is 72.3 cm³/mol. The molecule has 0 heterocycles. The lowest BCUT2D eigenvalue weighted by molar-refractivity contribution is -0.118. The molecule has 1 N–H and O–H groups in total. The number of amides is 1. The summed E-state index contributed by atoms with van der Waals surface area (Å²) in [5.74, 6) is 1.13. The third-order valence-corrected chi connectivity index (χ3v) is 3.16. The molecule has 1 amide bonds. The minimum atomic E-state index is -0.303. The van der Waals surface area contributed by atoms with Gasteiger partial charge in [-0.3, -0.25) is 4.79 Å². The maximum atomic E-state index is 13.1. The van der Waals surface area contributed by atoms with Crippen molar-refractivity contribution in [1.29, 1.82) is 0 Å². The Balaban J connectivity index is 2.45. The van der Waals surface area contributed by atoms with Crippen LogP contribution in [-0.4, -0.2) is 25.3 Å². The SMILES string of the molecule is C=CCNC(=O)CSCc1cc(F)ccc1OC. The number of hydrogen-bond donors (Lipinski definition) is 1. The lowest BCUT2D eigenvalue weighted by atomic mass is 10.2. The molecule has 0 fully saturated rings. The second-order valence-corrected chi connectivity index (χ2v) is 4.53. The Kier molecular flexibility index (Phi) is 6.28. The first kappa shape index (κ1) is 14.6. The van der Waals surface area contributed by atoms with Gasteiger partial charge in [-0.15, -0.1) is 18.3 Å². The van der Waals surface area contributed by atoms with Gasteiger partial charge in [0.25, 0.3) is 0 Å². The molecule has 0 bridgehead atoms. The van der Waals surface area contributed by atoms with Crippen LogP contribution in [0.3, 0.4) is 0 Å². The van der Waals surface area contributed by atoms with Crippen LogP contribution >= 0.6 is 11.8 Å². The van der Waals surface area contributed by atoms with Crippen molar-refractivity contribution in [3.8, 4) is 5.75 Å². The van der Waals surface area contributed by atoms with Crippen molar-refractivity contribution in [3.05, 3.63) is 42.2 Å². The van der Waals surface area contributed by atoms with E-state index in [1.165, 1.54) is 31.0 Å². The number of carbonyl (C=O) groups excluding carboxylic acids is 1. The molecule has 0 spiro atoms. The molecule has 0 unspecified atom stereocenters. The molecular weight excluding hydrogens is 253 g/mol. The Morgan fingerprint density at radius 1 is 1.61 bits per heavy atom. The van der Waals surface area contributed by atoms with E-state index in [-0.39, 0.29) is 11.7 Å². The number of methoxy groups -OCH3 is 1. The summed E-state index contributed by atoms with van der Waals surface area (Å²) in [6, 6.07) is 4.36. The van der Waals surface area contributed by atoms with Gasteiger partial charge in [0.1, 0.15) is 11.6 Å². The van der Waals surface area contributed by atoms with E-state index in [4.69, 9.17) is 4.74 Å². The highest BCUT2D eigenvalue weighted by molar-refractivity contribution is 7.99. The van der Waals surface area contributed by atoms with Crippen LogP contribution in [0.15, 0.2) is 30.9 Å². The zero-order valence-corrected chi connectivity index (χ0v) is 11.1. The number of benzene rings is 1. The molecule has 1 rings (SSSR count). The van der Waals surface area contributed by atoms with Crippen molar-refractivity contribution in [1.82, 2.24) is 5.32 Å². The topological polar surface area (TPSA) is 38.3 Å². The molecule has 3 nitrogen and oxygen atoms in total. The number of hydrogen-bond acceptors (Lipinski definition) is 3. The molecule has 0 aromatic heterocycles. The molecule has 0 aliphatic heterocycles. The molecule has 0 saturated carbocycles. The lowest BCUT2D eigenvalue weighted by Gasteiger charge is -2.08. The van der Waals surface area contributed by atoms with E-state index in [1.807, 2.05) is 0 Å². The molecular formula is C13H16FNO2S. The summed E-state index contributed by atoms with van der Waals surface area (Å²) in [5, 5.41) is 2.68. The van der Waals surface area contributed by atoms with Crippen molar-refractivity contribution in [3.63, 3.8) is 0 Å². The molecule has 1 aromatic rings. The number of carbonyl (C=O) groups is 1. The first-order valence-corrected chi connectivity index (χ1v) is 6.60. The van der Waals surface area contributed by atoms with Crippen LogP contribution in [0.4, 0.5) is 4.39 Å². The van der Waals surface area contributed by atoms with Crippen molar-refractivity contribution >= 4 is 17.7 Å². The van der Waals surface area contributed by atoms with Gasteiger partial charge < -0.3 is 10.1 Å². The average Bonchev–Trinajstić information content (AvgIpc) is 2.36. The molecule has 1 aromatic carbocycles. The fourth-order valence-electron chi connectivity index (χ4n) is 1.35. The van der Waals surface area contributed by atoms with Gasteiger partial charge in [0.15, 0.2) is 0 Å². The number of ether oxygens (including phenoxy) is 1. The van der Waals surface area contributed by atoms with Crippen LogP contribution in [0, 0.1) is 5.82 Å². The van der Waals surface area contributed by atoms with Crippen LogP contribution in [0.2, 0.25) is 0 Å². The molecule has 5 heteroatoms. The number of halogens is 1. The van der Waals surface area contributed by atoms with Crippen LogP contribution in [0.1, 0.15) is 5.56 Å². The van der Waals surface area contributed by atoms with Crippen LogP contribution in [0.25, 0.3) is 0 Å². The summed E-state index contributed by atoms with van der Waals surface area (Å²) in [5.41, 5.74) is 0.749. The molecule has 0 saturated heterocycles. The summed E-state index contributed by atoms with van der Waals surface area (Å²) in [6.45, 7) is 3.97. The Morgan fingerprint density at radius 2 is 2.39 bits per heavy atom. The van der Waals surface area contributed by atoms with E-state index in [0.717, 1.165) is 5.56 Å². The Morgan fingerprint density at radius 3 is 3.06 bits per heavy atom. The van der Waals surface area contributed by atoms with Gasteiger partial charge in [-0.25, -0.2) is 4.39 Å². The van der Waals surface area contributed by atoms with Crippen molar-refractivity contribution in [2.75, 3.05) is 19.4 Å². The van der Waals surface area contributed by atoms with Crippen LogP contribution in [-0.2, 0) is 10.5 Å². The summed E-state index contributed by atoms with van der Waals surface area (Å²) >= 11 is 1.41. The first-order chi connectivity index (χ1) is 8.67. The van der Waals surface area contributed by atoms with Crippen molar-refractivity contribution in [2.45, 2.75) is 5.75 Å². The van der Waals surface area contributed by atoms with Crippen molar-refractivity contribution < 1.29 is 13.9 Å². The molecule has 0 aliphatic rings. The number of rotatable bonds is 7. The highest BCUT2D eigenvalue weighted by Gasteiger charge is 2.06. The predicted octanol–water partition coefficient (Wildman–Crippen LogP) is 2.37. The van der Waals surface area contributed by atoms with Crippen LogP contribution < -0.4 is 10.1 Å². The van der Waals surface area contributed by atoms with E-state index in [2.05, 4.69) is 11.9 Å². The van der Waals surface area contributed by atoms with E-state index < -0.39 is 0 Å². The summed E-state index contributed by atoms with van der Waals surface area (Å²) < 4.78 is 18.2. The van der Waals surface area contributed by atoms with Gasteiger partial charge in [-0.05, 0) is 18.2 Å². The Labute approximate surface area is 110 Å². The molecule has 0 atom stereocenters. The van der Waals surface area contributed by atoms with Gasteiger partial charge in [0.2, 0.25) is 5.91 Å². The monoisotopic (exact) mass is 269 g/mol. The van der Waals surface area contributed by atoms with Crippen LogP contribution in [0.5, 0.6) is 5.75 Å². The number of thioether (sulfide) groups is 1. The summed E-state index contributed by atoms with van der Waals surface area (Å²) in [7, 11) is 1.54. The van der Waals surface area contributed by atoms with Gasteiger partial charge in [0, 0.05) is 17.9 Å². The third-order valence-electron chi connectivity index (χ3n) is 2.18. The summed E-state index contributed by atoms with van der Waals surface area (Å²) in [4.78, 5) is 11.3. The largest absolute Gasteiger partial charge is 0.496 e. The van der Waals surface area contributed by atoms with Gasteiger partial charge in [-0.1, -0.05) is 6.08 Å². The second kappa shape index (κ2) is 7.76.